The van der Waals surface area contributed by atoms with E-state index in [9.17, 15) is 9.59 Å². The van der Waals surface area contributed by atoms with Gasteiger partial charge < -0.3 is 30.8 Å². The van der Waals surface area contributed by atoms with E-state index in [1.807, 2.05) is 54.6 Å². The predicted octanol–water partition coefficient (Wildman–Crippen LogP) is 6.14. The van der Waals surface area contributed by atoms with Crippen molar-refractivity contribution >= 4 is 68.5 Å². The number of aldehydes is 1. The summed E-state index contributed by atoms with van der Waals surface area (Å²) in [6, 6.07) is 17.4. The van der Waals surface area contributed by atoms with Crippen molar-refractivity contribution in [3.05, 3.63) is 81.4 Å². The summed E-state index contributed by atoms with van der Waals surface area (Å²) in [5, 5.41) is 14.6. The molecule has 1 amide bonds. The van der Waals surface area contributed by atoms with Crippen molar-refractivity contribution in [2.24, 2.45) is 0 Å². The van der Waals surface area contributed by atoms with E-state index in [2.05, 4.69) is 26.3 Å². The van der Waals surface area contributed by atoms with E-state index in [-0.39, 0.29) is 18.5 Å². The maximum absolute atomic E-state index is 11.5. The number of amides is 1. The molecule has 0 saturated carbocycles. The first kappa shape index (κ1) is 31.8. The van der Waals surface area contributed by atoms with Crippen LogP contribution in [0.25, 0.3) is 32.6 Å². The van der Waals surface area contributed by atoms with Crippen LogP contribution >= 0.6 is 34.5 Å². The van der Waals surface area contributed by atoms with Crippen LogP contribution in [0.4, 0.5) is 11.5 Å². The number of hydrogen-bond donors (Lipinski definition) is 4. The highest BCUT2D eigenvalue weighted by Gasteiger charge is 2.21. The third kappa shape index (κ3) is 6.98. The number of methoxy groups -OCH3 is 1. The van der Waals surface area contributed by atoms with Gasteiger partial charge in [-0.2, -0.15) is 0 Å². The van der Waals surface area contributed by atoms with Crippen LogP contribution in [0.1, 0.15) is 23.4 Å². The Morgan fingerprint density at radius 1 is 1.00 bits per heavy atom. The number of hydrogen-bond acceptors (Lipinski definition) is 10. The van der Waals surface area contributed by atoms with Gasteiger partial charge in [-0.25, -0.2) is 15.0 Å². The molecule has 1 fully saturated rings. The molecular weight excluding hydrogens is 645 g/mol. The Labute approximate surface area is 279 Å². The van der Waals surface area contributed by atoms with Gasteiger partial charge >= 0.3 is 0 Å². The van der Waals surface area contributed by atoms with Crippen molar-refractivity contribution in [2.45, 2.75) is 32.0 Å². The number of nitrogens with one attached hydrogen (secondary N) is 4. The Bertz CT molecular complexity index is 1900. The maximum atomic E-state index is 11.5. The van der Waals surface area contributed by atoms with E-state index in [0.717, 1.165) is 50.2 Å². The monoisotopic (exact) mass is 675 g/mol. The summed E-state index contributed by atoms with van der Waals surface area (Å²) in [6.45, 7) is 1.98. The summed E-state index contributed by atoms with van der Waals surface area (Å²) >= 11 is 15.6. The second-order valence-electron chi connectivity index (χ2n) is 10.7. The minimum absolute atomic E-state index is 0.0970. The molecule has 13 heteroatoms. The fourth-order valence-electron chi connectivity index (χ4n) is 5.35. The maximum Gasteiger partial charge on any atom is 0.220 e. The zero-order chi connectivity index (χ0) is 32.0. The fraction of sp³-hybridized carbons (Fsp3) is 0.242. The van der Waals surface area contributed by atoms with Gasteiger partial charge in [-0.1, -0.05) is 59.6 Å². The number of thiazole rings is 1. The van der Waals surface area contributed by atoms with Gasteiger partial charge in [0, 0.05) is 60.5 Å². The highest BCUT2D eigenvalue weighted by Crippen LogP contribution is 2.42. The summed E-state index contributed by atoms with van der Waals surface area (Å²) in [4.78, 5) is 36.2. The first-order valence-electron chi connectivity index (χ1n) is 14.7. The summed E-state index contributed by atoms with van der Waals surface area (Å²) < 4.78 is 6.60. The van der Waals surface area contributed by atoms with E-state index in [0.29, 0.717) is 59.2 Å². The van der Waals surface area contributed by atoms with Gasteiger partial charge in [0.1, 0.15) is 16.8 Å². The number of halogens is 2. The molecule has 0 aliphatic carbocycles. The Morgan fingerprint density at radius 2 is 1.80 bits per heavy atom. The number of anilines is 2. The topological polar surface area (TPSA) is 130 Å². The van der Waals surface area contributed by atoms with Crippen LogP contribution in [0.5, 0.6) is 5.88 Å². The molecule has 1 atom stereocenters. The van der Waals surface area contributed by atoms with Crippen molar-refractivity contribution in [3.63, 3.8) is 0 Å². The smallest absolute Gasteiger partial charge is 0.220 e. The van der Waals surface area contributed by atoms with Crippen molar-refractivity contribution in [1.82, 2.24) is 30.9 Å². The van der Waals surface area contributed by atoms with Gasteiger partial charge in [0.2, 0.25) is 11.8 Å². The number of rotatable bonds is 13. The molecule has 1 unspecified atom stereocenters. The Kier molecular flexibility index (Phi) is 10.1. The van der Waals surface area contributed by atoms with Crippen LogP contribution in [0, 0.1) is 0 Å². The predicted molar refractivity (Wildman–Crippen MR) is 183 cm³/mol. The molecule has 4 N–H and O–H groups in total. The van der Waals surface area contributed by atoms with Crippen LogP contribution in [0.15, 0.2) is 60.8 Å². The normalized spacial score (nSPS) is 14.4. The van der Waals surface area contributed by atoms with Crippen molar-refractivity contribution in [1.29, 1.82) is 0 Å². The van der Waals surface area contributed by atoms with Gasteiger partial charge in [0.05, 0.1) is 39.8 Å². The highest BCUT2D eigenvalue weighted by atomic mass is 35.5. The lowest BCUT2D eigenvalue weighted by Gasteiger charge is -2.16. The van der Waals surface area contributed by atoms with Crippen LogP contribution in [-0.2, 0) is 22.7 Å². The minimum atomic E-state index is 0.0970. The van der Waals surface area contributed by atoms with Crippen LogP contribution < -0.4 is 26.0 Å². The minimum Gasteiger partial charge on any atom is -0.481 e. The Balaban J connectivity index is 1.23. The van der Waals surface area contributed by atoms with Gasteiger partial charge in [-0.15, -0.1) is 11.3 Å². The molecule has 1 aliphatic rings. The third-order valence-corrected chi connectivity index (χ3v) is 9.43. The number of pyridine rings is 2. The number of nitrogens with zero attached hydrogens (tertiary/aromatic N) is 3. The van der Waals surface area contributed by atoms with Gasteiger partial charge in [0.25, 0.3) is 0 Å². The third-order valence-electron chi connectivity index (χ3n) is 7.60. The average molecular weight is 677 g/mol. The summed E-state index contributed by atoms with van der Waals surface area (Å²) in [7, 11) is 1.59. The SMILES string of the molecule is COc1nc(-c2cccc(-c3cccc(Nc4nccc5sc(CNCC=O)nc45)c3Cl)c2Cl)ccc1CNCC1CCC(=O)N1. The molecule has 4 heterocycles. The molecule has 2 aromatic carbocycles. The lowest BCUT2D eigenvalue weighted by molar-refractivity contribution is -0.119. The van der Waals surface area contributed by atoms with Gasteiger partial charge in [-0.3, -0.25) is 4.79 Å². The number of fused-ring (bicyclic) bond motifs is 1. The molecule has 1 saturated heterocycles. The van der Waals surface area contributed by atoms with Gasteiger partial charge in [-0.05, 0) is 24.6 Å². The number of benzene rings is 2. The Morgan fingerprint density at radius 3 is 2.59 bits per heavy atom. The Hall–Kier alpha value is -4.13. The molecule has 1 aliphatic heterocycles. The standard InChI is InChI=1S/C33H31Cl2N7O3S/c1-45-33-19(16-37-17-20-9-11-27(44)39-20)8-10-24(41-33)23-6-2-4-21(29(23)34)22-5-3-7-25(30(22)35)40-32-31-26(12-13-38-32)46-28(42-31)18-36-14-15-43/h2-8,10,12-13,15,20,36-37H,9,11,14,16-18H2,1H3,(H,38,40)(H,39,44). The number of carbonyl (C=O) groups excluding carboxylic acids is 2. The van der Waals surface area contributed by atoms with E-state index < -0.39 is 0 Å². The van der Waals surface area contributed by atoms with Gasteiger partial charge in [0.15, 0.2) is 5.82 Å². The second kappa shape index (κ2) is 14.5. The van der Waals surface area contributed by atoms with Crippen LogP contribution in [0.2, 0.25) is 10.0 Å². The molecule has 46 heavy (non-hydrogen) atoms. The summed E-state index contributed by atoms with van der Waals surface area (Å²) in [5.74, 6) is 1.17. The average Bonchev–Trinajstić information content (AvgIpc) is 3.68. The number of carbonyl (C=O) groups is 2. The number of ether oxygens (including phenoxy) is 1. The fourth-order valence-corrected chi connectivity index (χ4v) is 6.88. The molecular formula is C33H31Cl2N7O3S. The summed E-state index contributed by atoms with van der Waals surface area (Å²) in [5.41, 5.74) is 5.18. The van der Waals surface area contributed by atoms with Crippen molar-refractivity contribution in [2.75, 3.05) is 25.5 Å². The molecule has 0 radical (unpaired) electrons. The second-order valence-corrected chi connectivity index (χ2v) is 12.5. The van der Waals surface area contributed by atoms with E-state index in [1.165, 1.54) is 11.3 Å². The first-order chi connectivity index (χ1) is 22.4. The molecule has 5 aromatic rings. The zero-order valence-electron chi connectivity index (χ0n) is 24.9. The van der Waals surface area contributed by atoms with Crippen LogP contribution in [0.3, 0.4) is 0 Å². The molecule has 10 nitrogen and oxygen atoms in total. The van der Waals surface area contributed by atoms with Crippen molar-refractivity contribution < 1.29 is 14.3 Å². The van der Waals surface area contributed by atoms with E-state index in [4.69, 9.17) is 37.9 Å². The number of aromatic nitrogens is 3. The lowest BCUT2D eigenvalue weighted by atomic mass is 10.00. The largest absolute Gasteiger partial charge is 0.481 e. The molecule has 0 spiro atoms. The lowest BCUT2D eigenvalue weighted by Crippen LogP contribution is -2.35. The summed E-state index contributed by atoms with van der Waals surface area (Å²) in [6.07, 6.45) is 3.95. The quantitative estimate of drug-likeness (QED) is 0.0859. The molecule has 236 valence electrons. The van der Waals surface area contributed by atoms with E-state index >= 15 is 0 Å². The van der Waals surface area contributed by atoms with Crippen LogP contribution in [-0.4, -0.2) is 53.4 Å². The van der Waals surface area contributed by atoms with Crippen molar-refractivity contribution in [3.8, 4) is 28.3 Å². The molecule has 6 rings (SSSR count). The van der Waals surface area contributed by atoms with E-state index in [1.54, 1.807) is 13.3 Å². The zero-order valence-corrected chi connectivity index (χ0v) is 27.2. The highest BCUT2D eigenvalue weighted by molar-refractivity contribution is 7.18. The molecule has 3 aromatic heterocycles. The molecule has 0 bridgehead atoms. The first-order valence-corrected chi connectivity index (χ1v) is 16.3.